The van der Waals surface area contributed by atoms with Crippen LogP contribution in [0, 0.1) is 0 Å². The molecule has 0 radical (unpaired) electrons. The Bertz CT molecular complexity index is 1230. The van der Waals surface area contributed by atoms with E-state index in [0.29, 0.717) is 41.9 Å². The first-order valence-electron chi connectivity index (χ1n) is 9.22. The van der Waals surface area contributed by atoms with Crippen molar-refractivity contribution in [2.45, 2.75) is 6.61 Å². The van der Waals surface area contributed by atoms with Gasteiger partial charge >= 0.3 is 0 Å². The lowest BCUT2D eigenvalue weighted by atomic mass is 10.2. The molecule has 0 spiro atoms. The number of ether oxygens (including phenoxy) is 1. The summed E-state index contributed by atoms with van der Waals surface area (Å²) in [6, 6.07) is 17.7. The summed E-state index contributed by atoms with van der Waals surface area (Å²) in [5.41, 5.74) is 2.08. The van der Waals surface area contributed by atoms with E-state index in [-0.39, 0.29) is 11.1 Å². The van der Waals surface area contributed by atoms with Crippen molar-refractivity contribution in [1.82, 2.24) is 0 Å². The summed E-state index contributed by atoms with van der Waals surface area (Å²) in [5, 5.41) is 0.803. The zero-order valence-electron chi connectivity index (χ0n) is 16.2. The van der Waals surface area contributed by atoms with E-state index in [2.05, 4.69) is 31.9 Å². The topological polar surface area (TPSA) is 46.6 Å². The molecule has 0 aromatic heterocycles. The third-order valence-electron chi connectivity index (χ3n) is 4.53. The van der Waals surface area contributed by atoms with E-state index < -0.39 is 0 Å². The molecule has 0 N–H and O–H groups in total. The molecule has 0 bridgehead atoms. The number of benzene rings is 3. The fourth-order valence-electron chi connectivity index (χ4n) is 3.00. The standard InChI is InChI=1S/C23H13Br2Cl2NO3S/c24-17-9-13(10-18(25)21(17)31-12-14-3-1-2-4-19(14)27)11-20-22(29)28(23(30)32-20)16-7-5-15(26)6-8-16/h1-11H,12H2/b20-11+. The van der Waals surface area contributed by atoms with Crippen LogP contribution in [0.25, 0.3) is 6.08 Å². The molecule has 4 nitrogen and oxygen atoms in total. The normalized spacial score (nSPS) is 15.0. The van der Waals surface area contributed by atoms with Crippen molar-refractivity contribution in [2.75, 3.05) is 4.90 Å². The van der Waals surface area contributed by atoms with E-state index in [4.69, 9.17) is 27.9 Å². The second kappa shape index (κ2) is 10.0. The van der Waals surface area contributed by atoms with Gasteiger partial charge in [0.15, 0.2) is 0 Å². The quantitative estimate of drug-likeness (QED) is 0.271. The molecule has 1 aliphatic rings. The lowest BCUT2D eigenvalue weighted by molar-refractivity contribution is -0.113. The summed E-state index contributed by atoms with van der Waals surface area (Å²) < 4.78 is 7.33. The minimum atomic E-state index is -0.381. The molecule has 1 fully saturated rings. The summed E-state index contributed by atoms with van der Waals surface area (Å²) in [5.74, 6) is 0.227. The predicted molar refractivity (Wildman–Crippen MR) is 138 cm³/mol. The van der Waals surface area contributed by atoms with Crippen LogP contribution in [0.2, 0.25) is 10.0 Å². The second-order valence-electron chi connectivity index (χ2n) is 6.69. The Morgan fingerprint density at radius 3 is 2.28 bits per heavy atom. The largest absolute Gasteiger partial charge is 0.486 e. The van der Waals surface area contributed by atoms with Gasteiger partial charge in [-0.15, -0.1) is 0 Å². The number of rotatable bonds is 5. The molecule has 32 heavy (non-hydrogen) atoms. The molecule has 2 amide bonds. The highest BCUT2D eigenvalue weighted by Crippen LogP contribution is 2.39. The van der Waals surface area contributed by atoms with Crippen LogP contribution in [-0.2, 0) is 11.4 Å². The summed E-state index contributed by atoms with van der Waals surface area (Å²) in [6.07, 6.45) is 1.67. The number of thioether (sulfide) groups is 1. The molecule has 162 valence electrons. The number of halogens is 4. The van der Waals surface area contributed by atoms with Crippen molar-refractivity contribution in [3.05, 3.63) is 95.7 Å². The van der Waals surface area contributed by atoms with Crippen molar-refractivity contribution in [1.29, 1.82) is 0 Å². The van der Waals surface area contributed by atoms with Gasteiger partial charge < -0.3 is 4.74 Å². The van der Waals surface area contributed by atoms with Crippen molar-refractivity contribution in [2.24, 2.45) is 0 Å². The average molecular weight is 614 g/mol. The number of hydrogen-bond acceptors (Lipinski definition) is 4. The highest BCUT2D eigenvalue weighted by molar-refractivity contribution is 9.11. The summed E-state index contributed by atoms with van der Waals surface area (Å²) in [6.45, 7) is 0.302. The first-order valence-corrected chi connectivity index (χ1v) is 12.4. The highest BCUT2D eigenvalue weighted by atomic mass is 79.9. The molecule has 1 heterocycles. The van der Waals surface area contributed by atoms with E-state index >= 15 is 0 Å². The zero-order valence-corrected chi connectivity index (χ0v) is 21.7. The molecule has 9 heteroatoms. The van der Waals surface area contributed by atoms with E-state index in [9.17, 15) is 9.59 Å². The van der Waals surface area contributed by atoms with Gasteiger partial charge in [-0.3, -0.25) is 9.59 Å². The Morgan fingerprint density at radius 2 is 1.62 bits per heavy atom. The zero-order chi connectivity index (χ0) is 22.8. The third kappa shape index (κ3) is 5.07. The first kappa shape index (κ1) is 23.4. The van der Waals surface area contributed by atoms with Gasteiger partial charge in [0, 0.05) is 15.6 Å². The molecule has 0 aliphatic carbocycles. The van der Waals surface area contributed by atoms with E-state index in [1.165, 1.54) is 0 Å². The van der Waals surface area contributed by atoms with Crippen LogP contribution in [0.15, 0.2) is 74.5 Å². The summed E-state index contributed by atoms with van der Waals surface area (Å²) in [7, 11) is 0. The number of carbonyl (C=O) groups excluding carboxylic acids is 2. The van der Waals surface area contributed by atoms with Crippen LogP contribution in [0.5, 0.6) is 5.75 Å². The van der Waals surface area contributed by atoms with Crippen molar-refractivity contribution in [3.63, 3.8) is 0 Å². The van der Waals surface area contributed by atoms with Crippen LogP contribution in [-0.4, -0.2) is 11.1 Å². The maximum absolute atomic E-state index is 12.9. The van der Waals surface area contributed by atoms with E-state index in [0.717, 1.165) is 27.8 Å². The molecule has 1 saturated heterocycles. The van der Waals surface area contributed by atoms with Crippen LogP contribution in [0.3, 0.4) is 0 Å². The smallest absolute Gasteiger partial charge is 0.298 e. The number of nitrogens with zero attached hydrogens (tertiary/aromatic N) is 1. The first-order chi connectivity index (χ1) is 15.3. The fraction of sp³-hybridized carbons (Fsp3) is 0.0435. The SMILES string of the molecule is O=C1S/C(=C/c2cc(Br)c(OCc3ccccc3Cl)c(Br)c2)C(=O)N1c1ccc(Cl)cc1. The third-order valence-corrected chi connectivity index (χ3v) is 7.20. The molecule has 3 aromatic carbocycles. The Labute approximate surface area is 215 Å². The Kier molecular flexibility index (Phi) is 7.32. The van der Waals surface area contributed by atoms with Gasteiger partial charge in [-0.2, -0.15) is 0 Å². The number of carbonyl (C=O) groups is 2. The maximum atomic E-state index is 12.9. The predicted octanol–water partition coefficient (Wildman–Crippen LogP) is 8.34. The Hall–Kier alpha value is -1.77. The van der Waals surface area contributed by atoms with E-state index in [1.807, 2.05) is 36.4 Å². The second-order valence-corrected chi connectivity index (χ2v) is 10.2. The average Bonchev–Trinajstić information content (AvgIpc) is 3.02. The van der Waals surface area contributed by atoms with Gasteiger partial charge in [-0.25, -0.2) is 4.90 Å². The molecular weight excluding hydrogens is 601 g/mol. The van der Waals surface area contributed by atoms with Gasteiger partial charge in [-0.05, 0) is 97.7 Å². The van der Waals surface area contributed by atoms with Crippen molar-refractivity contribution in [3.8, 4) is 5.75 Å². The molecule has 0 saturated carbocycles. The Balaban J connectivity index is 1.55. The van der Waals surface area contributed by atoms with Crippen LogP contribution in [0.1, 0.15) is 11.1 Å². The van der Waals surface area contributed by atoms with Crippen LogP contribution >= 0.6 is 66.8 Å². The minimum absolute atomic E-state index is 0.302. The van der Waals surface area contributed by atoms with Crippen LogP contribution in [0.4, 0.5) is 10.5 Å². The number of anilines is 1. The van der Waals surface area contributed by atoms with Gasteiger partial charge in [0.2, 0.25) is 0 Å². The molecule has 1 aliphatic heterocycles. The summed E-state index contributed by atoms with van der Waals surface area (Å²) >= 11 is 20.0. The molecule has 4 rings (SSSR count). The Morgan fingerprint density at radius 1 is 0.969 bits per heavy atom. The van der Waals surface area contributed by atoms with Crippen molar-refractivity contribution < 1.29 is 14.3 Å². The van der Waals surface area contributed by atoms with Crippen molar-refractivity contribution >= 4 is 89.7 Å². The summed E-state index contributed by atoms with van der Waals surface area (Å²) in [4.78, 5) is 26.8. The number of imide groups is 1. The highest BCUT2D eigenvalue weighted by Gasteiger charge is 2.36. The molecular formula is C23H13Br2Cl2NO3S. The number of amides is 2. The monoisotopic (exact) mass is 611 g/mol. The minimum Gasteiger partial charge on any atom is -0.486 e. The van der Waals surface area contributed by atoms with Gasteiger partial charge in [-0.1, -0.05) is 41.4 Å². The van der Waals surface area contributed by atoms with Crippen LogP contribution < -0.4 is 9.64 Å². The van der Waals surface area contributed by atoms with Gasteiger partial charge in [0.1, 0.15) is 12.4 Å². The number of hydrogen-bond donors (Lipinski definition) is 0. The molecule has 0 atom stereocenters. The van der Waals surface area contributed by atoms with E-state index in [1.54, 1.807) is 30.3 Å². The maximum Gasteiger partial charge on any atom is 0.298 e. The van der Waals surface area contributed by atoms with Gasteiger partial charge in [0.05, 0.1) is 19.5 Å². The lowest BCUT2D eigenvalue weighted by Crippen LogP contribution is -2.27. The fourth-order valence-corrected chi connectivity index (χ4v) is 5.61. The lowest BCUT2D eigenvalue weighted by Gasteiger charge is -2.13. The van der Waals surface area contributed by atoms with Gasteiger partial charge in [0.25, 0.3) is 11.1 Å². The molecule has 0 unspecified atom stereocenters. The molecule has 3 aromatic rings.